The number of methoxy groups -OCH3 is 1. The molecule has 0 saturated carbocycles. The molecule has 0 radical (unpaired) electrons. The SMILES string of the molecule is COC(=O)CCCC[C@H](C(=O)Nc1ccccc1CO[Si](C(C)C)(C(C)C)C(C)C)N(C=O)[C@@H]1O[C@H](COC(=O)C(C)(C)C)[C@H](OC(=O)C(C)(C)C)[C@H](OC(=O)C(C)(C)C)[C@H]1OC(=O)C(C)(C)C. The van der Waals surface area contributed by atoms with Gasteiger partial charge in [-0.1, -0.05) is 66.2 Å². The van der Waals surface area contributed by atoms with E-state index in [-0.39, 0.29) is 32.3 Å². The van der Waals surface area contributed by atoms with E-state index in [4.69, 9.17) is 32.8 Å². The molecule has 17 heteroatoms. The van der Waals surface area contributed by atoms with Gasteiger partial charge in [-0.25, -0.2) is 0 Å². The number of carbonyl (C=O) groups is 7. The number of amides is 2. The molecule has 1 aromatic rings. The zero-order chi connectivity index (χ0) is 52.3. The lowest BCUT2D eigenvalue weighted by Gasteiger charge is -2.49. The van der Waals surface area contributed by atoms with E-state index in [1.54, 1.807) is 95.2 Å². The molecule has 0 aromatic heterocycles. The molecule has 1 aromatic carbocycles. The maximum atomic E-state index is 15.0. The first-order valence-corrected chi connectivity index (χ1v) is 26.1. The number of unbranched alkanes of at least 4 members (excludes halogenated alkanes) is 1. The van der Waals surface area contributed by atoms with Gasteiger partial charge in [0.15, 0.2) is 24.5 Å². The van der Waals surface area contributed by atoms with Crippen molar-refractivity contribution in [2.24, 2.45) is 21.7 Å². The summed E-state index contributed by atoms with van der Waals surface area (Å²) in [5.74, 6) is -4.09. The maximum Gasteiger partial charge on any atom is 0.311 e. The molecule has 0 spiro atoms. The summed E-state index contributed by atoms with van der Waals surface area (Å²) >= 11 is 0. The van der Waals surface area contributed by atoms with Gasteiger partial charge in [0, 0.05) is 12.1 Å². The molecule has 1 saturated heterocycles. The van der Waals surface area contributed by atoms with Crippen LogP contribution >= 0.6 is 0 Å². The second kappa shape index (κ2) is 24.5. The van der Waals surface area contributed by atoms with Crippen LogP contribution in [0.4, 0.5) is 5.69 Å². The van der Waals surface area contributed by atoms with Crippen molar-refractivity contribution in [1.29, 1.82) is 0 Å². The highest BCUT2D eigenvalue weighted by atomic mass is 28.4. The summed E-state index contributed by atoms with van der Waals surface area (Å²) in [6, 6.07) is 5.82. The smallest absolute Gasteiger partial charge is 0.311 e. The first-order chi connectivity index (χ1) is 31.1. The van der Waals surface area contributed by atoms with Crippen LogP contribution in [0.1, 0.15) is 156 Å². The highest BCUT2D eigenvalue weighted by Crippen LogP contribution is 2.43. The van der Waals surface area contributed by atoms with Gasteiger partial charge in [0.25, 0.3) is 0 Å². The Morgan fingerprint density at radius 3 is 1.62 bits per heavy atom. The third-order valence-electron chi connectivity index (χ3n) is 12.0. The minimum Gasteiger partial charge on any atom is -0.469 e. The van der Waals surface area contributed by atoms with Crippen LogP contribution in [0.15, 0.2) is 24.3 Å². The average Bonchev–Trinajstić information content (AvgIpc) is 3.21. The van der Waals surface area contributed by atoms with Crippen molar-refractivity contribution in [2.75, 3.05) is 19.0 Å². The van der Waals surface area contributed by atoms with Gasteiger partial charge in [-0.3, -0.25) is 33.6 Å². The fourth-order valence-corrected chi connectivity index (χ4v) is 13.5. The zero-order valence-electron chi connectivity index (χ0n) is 44.5. The summed E-state index contributed by atoms with van der Waals surface area (Å²) in [4.78, 5) is 97.2. The lowest BCUT2D eigenvalue weighted by atomic mass is 9.91. The van der Waals surface area contributed by atoms with E-state index in [1.165, 1.54) is 7.11 Å². The third-order valence-corrected chi connectivity index (χ3v) is 18.1. The Hall–Kier alpha value is -4.35. The van der Waals surface area contributed by atoms with Gasteiger partial charge >= 0.3 is 29.8 Å². The number of hydrogen-bond acceptors (Lipinski definition) is 14. The van der Waals surface area contributed by atoms with Gasteiger partial charge in [0.05, 0.1) is 35.4 Å². The number of ether oxygens (including phenoxy) is 6. The second-order valence-corrected chi connectivity index (χ2v) is 28.4. The molecular formula is C51H84N2O14Si. The predicted molar refractivity (Wildman–Crippen MR) is 260 cm³/mol. The van der Waals surface area contributed by atoms with Crippen LogP contribution in [-0.2, 0) is 73.0 Å². The van der Waals surface area contributed by atoms with Gasteiger partial charge in [-0.15, -0.1) is 0 Å². The van der Waals surface area contributed by atoms with Crippen molar-refractivity contribution >= 4 is 56.2 Å². The Labute approximate surface area is 407 Å². The van der Waals surface area contributed by atoms with Crippen molar-refractivity contribution in [3.05, 3.63) is 29.8 Å². The van der Waals surface area contributed by atoms with Crippen molar-refractivity contribution in [1.82, 2.24) is 4.90 Å². The molecular weight excluding hydrogens is 893 g/mol. The van der Waals surface area contributed by atoms with E-state index in [0.717, 1.165) is 4.90 Å². The Morgan fingerprint density at radius 1 is 0.691 bits per heavy atom. The normalized spacial score (nSPS) is 19.8. The van der Waals surface area contributed by atoms with Crippen LogP contribution in [-0.4, -0.2) is 106 Å². The number of nitrogens with zero attached hydrogens (tertiary/aromatic N) is 1. The van der Waals surface area contributed by atoms with E-state index < -0.39 is 109 Å². The van der Waals surface area contributed by atoms with Gasteiger partial charge in [0.2, 0.25) is 20.6 Å². The molecule has 1 fully saturated rings. The summed E-state index contributed by atoms with van der Waals surface area (Å²) < 4.78 is 42.7. The summed E-state index contributed by atoms with van der Waals surface area (Å²) in [5.41, 5.74) is -2.40. The summed E-state index contributed by atoms with van der Waals surface area (Å²) in [6.45, 7) is 32.1. The first-order valence-electron chi connectivity index (χ1n) is 23.9. The first kappa shape index (κ1) is 59.8. The molecule has 0 unspecified atom stereocenters. The van der Waals surface area contributed by atoms with Crippen LogP contribution in [0.3, 0.4) is 0 Å². The number of rotatable bonds is 21. The van der Waals surface area contributed by atoms with E-state index >= 15 is 4.79 Å². The Morgan fingerprint density at radius 2 is 1.16 bits per heavy atom. The van der Waals surface area contributed by atoms with Crippen molar-refractivity contribution in [3.63, 3.8) is 0 Å². The largest absolute Gasteiger partial charge is 0.469 e. The molecule has 1 heterocycles. The predicted octanol–water partition coefficient (Wildman–Crippen LogP) is 9.07. The number of esters is 5. The quantitative estimate of drug-likeness (QED) is 0.0402. The number of anilines is 1. The Bertz CT molecular complexity index is 1870. The molecule has 16 nitrogen and oxygen atoms in total. The standard InChI is InChI=1S/C51H84N2O14Si/c1-31(2)68(32(3)4,33(5)6)63-28-34-24-20-21-25-35(34)52-42(56)36(26-22-23-27-38(55)61-19)53(30-54)43-41(67-47(60)51(16,17)18)40(66-46(59)50(13,14)15)39(65-45(58)49(10,11)12)37(64-43)29-62-44(57)48(7,8)9/h20-21,24-25,30-33,36-37,39-41,43H,22-23,26-29H2,1-19H3,(H,52,56)/t36-,37-,39+,40+,41-,43-/m1/s1. The minimum atomic E-state index is -2.36. The Balaban J connectivity index is 2.97. The van der Waals surface area contributed by atoms with Crippen molar-refractivity contribution in [2.45, 2.75) is 210 Å². The molecule has 1 N–H and O–H groups in total. The van der Waals surface area contributed by atoms with Crippen molar-refractivity contribution in [3.8, 4) is 0 Å². The fraction of sp³-hybridized carbons (Fsp3) is 0.745. The third kappa shape index (κ3) is 16.1. The minimum absolute atomic E-state index is 0.0257. The lowest BCUT2D eigenvalue weighted by Crippen LogP contribution is -2.68. The van der Waals surface area contributed by atoms with Crippen LogP contribution < -0.4 is 5.32 Å². The topological polar surface area (TPSA) is 199 Å². The lowest BCUT2D eigenvalue weighted by molar-refractivity contribution is -0.282. The number of nitrogens with one attached hydrogen (secondary N) is 1. The Kier molecular flexibility index (Phi) is 21.5. The molecule has 1 aliphatic heterocycles. The summed E-state index contributed by atoms with van der Waals surface area (Å²) in [6.07, 6.45) is -7.27. The molecule has 0 bridgehead atoms. The fourth-order valence-electron chi connectivity index (χ4n) is 8.07. The average molecular weight is 977 g/mol. The number of hydrogen-bond donors (Lipinski definition) is 1. The van der Waals surface area contributed by atoms with E-state index in [9.17, 15) is 28.8 Å². The van der Waals surface area contributed by atoms with E-state index in [1.807, 2.05) is 12.1 Å². The summed E-state index contributed by atoms with van der Waals surface area (Å²) in [5, 5.41) is 3.03. The molecule has 0 aliphatic carbocycles. The zero-order valence-corrected chi connectivity index (χ0v) is 45.5. The van der Waals surface area contributed by atoms with Crippen LogP contribution in [0.2, 0.25) is 16.6 Å². The van der Waals surface area contributed by atoms with Crippen LogP contribution in [0, 0.1) is 21.7 Å². The molecule has 386 valence electrons. The summed E-state index contributed by atoms with van der Waals surface area (Å²) in [7, 11) is -1.09. The maximum absolute atomic E-state index is 15.0. The number of para-hydroxylation sites is 1. The monoisotopic (exact) mass is 977 g/mol. The molecule has 2 rings (SSSR count). The highest BCUT2D eigenvalue weighted by Gasteiger charge is 2.57. The van der Waals surface area contributed by atoms with Crippen LogP contribution in [0.25, 0.3) is 0 Å². The number of benzene rings is 1. The number of carbonyl (C=O) groups excluding carboxylic acids is 7. The highest BCUT2D eigenvalue weighted by molar-refractivity contribution is 6.77. The van der Waals surface area contributed by atoms with E-state index in [0.29, 0.717) is 34.3 Å². The molecule has 1 aliphatic rings. The van der Waals surface area contributed by atoms with E-state index in [2.05, 4.69) is 46.9 Å². The van der Waals surface area contributed by atoms with Gasteiger partial charge < -0.3 is 43.1 Å². The van der Waals surface area contributed by atoms with Gasteiger partial charge in [-0.2, -0.15) is 0 Å². The molecule has 68 heavy (non-hydrogen) atoms. The second-order valence-electron chi connectivity index (χ2n) is 22.9. The van der Waals surface area contributed by atoms with Crippen molar-refractivity contribution < 1.29 is 66.4 Å². The molecule has 6 atom stereocenters. The van der Waals surface area contributed by atoms with Gasteiger partial charge in [-0.05, 0) is 124 Å². The molecule has 2 amide bonds. The van der Waals surface area contributed by atoms with Crippen LogP contribution in [0.5, 0.6) is 0 Å². The van der Waals surface area contributed by atoms with Gasteiger partial charge in [0.1, 0.15) is 18.8 Å².